The molecule has 0 bridgehead atoms. The highest BCUT2D eigenvalue weighted by Gasteiger charge is 2.13. The van der Waals surface area contributed by atoms with Crippen LogP contribution < -0.4 is 0 Å². The molecule has 1 nitrogen and oxygen atoms in total. The summed E-state index contributed by atoms with van der Waals surface area (Å²) in [5.41, 5.74) is 0.624. The Kier molecular flexibility index (Phi) is 4.08. The molecular formula is C11H14BrFO. The average Bonchev–Trinajstić information content (AvgIpc) is 2.08. The van der Waals surface area contributed by atoms with Gasteiger partial charge in [0, 0.05) is 4.47 Å². The predicted molar refractivity (Wildman–Crippen MR) is 58.5 cm³/mol. The lowest BCUT2D eigenvalue weighted by atomic mass is 10.00. The van der Waals surface area contributed by atoms with Gasteiger partial charge in [-0.3, -0.25) is 0 Å². The van der Waals surface area contributed by atoms with Crippen molar-refractivity contribution in [3.63, 3.8) is 0 Å². The molecule has 0 aliphatic carbocycles. The molecule has 0 saturated heterocycles. The summed E-state index contributed by atoms with van der Waals surface area (Å²) in [5.74, 6) is 0.0752. The Morgan fingerprint density at radius 3 is 2.64 bits per heavy atom. The highest BCUT2D eigenvalue weighted by molar-refractivity contribution is 9.10. The second-order valence-corrected chi connectivity index (χ2v) is 4.67. The Morgan fingerprint density at radius 2 is 2.07 bits per heavy atom. The summed E-state index contributed by atoms with van der Waals surface area (Å²) in [6.07, 6.45) is 0.0438. The summed E-state index contributed by atoms with van der Waals surface area (Å²) in [6, 6.07) is 4.36. The molecule has 0 heterocycles. The van der Waals surface area contributed by atoms with E-state index in [0.29, 0.717) is 17.9 Å². The lowest BCUT2D eigenvalue weighted by Crippen LogP contribution is -2.03. The number of aliphatic hydroxyl groups is 1. The van der Waals surface area contributed by atoms with Crippen LogP contribution in [0, 0.1) is 11.7 Å². The van der Waals surface area contributed by atoms with Crippen LogP contribution in [0.2, 0.25) is 0 Å². The Bertz CT molecular complexity index is 312. The molecule has 0 aliphatic heterocycles. The third kappa shape index (κ3) is 3.07. The summed E-state index contributed by atoms with van der Waals surface area (Å²) in [5, 5.41) is 9.80. The van der Waals surface area contributed by atoms with E-state index >= 15 is 0 Å². The molecular weight excluding hydrogens is 247 g/mol. The molecule has 1 aromatic rings. The van der Waals surface area contributed by atoms with Crippen molar-refractivity contribution in [2.45, 2.75) is 26.4 Å². The number of benzene rings is 1. The Morgan fingerprint density at radius 1 is 1.43 bits per heavy atom. The van der Waals surface area contributed by atoms with E-state index in [4.69, 9.17) is 0 Å². The van der Waals surface area contributed by atoms with Crippen LogP contribution in [0.1, 0.15) is 31.9 Å². The fourth-order valence-corrected chi connectivity index (χ4v) is 1.85. The summed E-state index contributed by atoms with van der Waals surface area (Å²) in [4.78, 5) is 0. The van der Waals surface area contributed by atoms with Gasteiger partial charge in [0.15, 0.2) is 0 Å². The molecule has 1 rings (SSSR count). The van der Waals surface area contributed by atoms with Gasteiger partial charge in [0.25, 0.3) is 0 Å². The lowest BCUT2D eigenvalue weighted by Gasteiger charge is -2.14. The van der Waals surface area contributed by atoms with Crippen molar-refractivity contribution in [1.82, 2.24) is 0 Å². The lowest BCUT2D eigenvalue weighted by molar-refractivity contribution is 0.150. The fourth-order valence-electron chi connectivity index (χ4n) is 1.34. The predicted octanol–water partition coefficient (Wildman–Crippen LogP) is 3.67. The van der Waals surface area contributed by atoms with Crippen molar-refractivity contribution in [3.05, 3.63) is 34.1 Å². The molecule has 0 fully saturated rings. The maximum absolute atomic E-state index is 12.9. The van der Waals surface area contributed by atoms with E-state index in [9.17, 15) is 9.50 Å². The van der Waals surface area contributed by atoms with E-state index in [-0.39, 0.29) is 5.82 Å². The molecule has 0 aromatic heterocycles. The van der Waals surface area contributed by atoms with Crippen LogP contribution in [0.3, 0.4) is 0 Å². The first-order chi connectivity index (χ1) is 6.50. The monoisotopic (exact) mass is 260 g/mol. The quantitative estimate of drug-likeness (QED) is 0.880. The van der Waals surface area contributed by atoms with Crippen molar-refractivity contribution < 1.29 is 9.50 Å². The van der Waals surface area contributed by atoms with Gasteiger partial charge in [-0.2, -0.15) is 0 Å². The highest BCUT2D eigenvalue weighted by atomic mass is 79.9. The van der Waals surface area contributed by atoms with Crippen LogP contribution in [0.15, 0.2) is 22.7 Å². The van der Waals surface area contributed by atoms with Crippen LogP contribution in [0.25, 0.3) is 0 Å². The van der Waals surface area contributed by atoms with Crippen LogP contribution in [0.5, 0.6) is 0 Å². The molecule has 0 saturated carbocycles. The van der Waals surface area contributed by atoms with Gasteiger partial charge in [-0.15, -0.1) is 0 Å². The summed E-state index contributed by atoms with van der Waals surface area (Å²) >= 11 is 3.29. The molecule has 0 amide bonds. The van der Waals surface area contributed by atoms with Crippen LogP contribution in [0.4, 0.5) is 4.39 Å². The third-order valence-corrected chi connectivity index (χ3v) is 2.73. The van der Waals surface area contributed by atoms with Crippen molar-refractivity contribution in [2.75, 3.05) is 0 Å². The normalized spacial score (nSPS) is 13.3. The van der Waals surface area contributed by atoms with Gasteiger partial charge in [0.2, 0.25) is 0 Å². The summed E-state index contributed by atoms with van der Waals surface area (Å²) in [6.45, 7) is 4.05. The second kappa shape index (κ2) is 4.89. The van der Waals surface area contributed by atoms with Gasteiger partial charge < -0.3 is 5.11 Å². The number of halogens is 2. The van der Waals surface area contributed by atoms with E-state index in [2.05, 4.69) is 15.9 Å². The van der Waals surface area contributed by atoms with Crippen LogP contribution in [-0.4, -0.2) is 5.11 Å². The van der Waals surface area contributed by atoms with E-state index < -0.39 is 6.10 Å². The molecule has 78 valence electrons. The number of rotatable bonds is 3. The SMILES string of the molecule is CC(C)CC(O)c1cc(F)ccc1Br. The first kappa shape index (κ1) is 11.7. The van der Waals surface area contributed by atoms with Crippen LogP contribution in [-0.2, 0) is 0 Å². The zero-order chi connectivity index (χ0) is 10.7. The largest absolute Gasteiger partial charge is 0.388 e. The highest BCUT2D eigenvalue weighted by Crippen LogP contribution is 2.28. The molecule has 14 heavy (non-hydrogen) atoms. The minimum atomic E-state index is -0.597. The van der Waals surface area contributed by atoms with Crippen molar-refractivity contribution in [2.24, 2.45) is 5.92 Å². The number of hydrogen-bond donors (Lipinski definition) is 1. The summed E-state index contributed by atoms with van der Waals surface area (Å²) in [7, 11) is 0. The first-order valence-corrected chi connectivity index (χ1v) is 5.43. The van der Waals surface area contributed by atoms with Crippen molar-refractivity contribution >= 4 is 15.9 Å². The number of aliphatic hydroxyl groups excluding tert-OH is 1. The maximum atomic E-state index is 12.9. The Labute approximate surface area is 92.1 Å². The minimum Gasteiger partial charge on any atom is -0.388 e. The zero-order valence-corrected chi connectivity index (χ0v) is 9.88. The molecule has 1 N–H and O–H groups in total. The molecule has 0 aliphatic rings. The van der Waals surface area contributed by atoms with E-state index in [1.54, 1.807) is 6.07 Å². The van der Waals surface area contributed by atoms with Gasteiger partial charge in [-0.1, -0.05) is 29.8 Å². The summed E-state index contributed by atoms with van der Waals surface area (Å²) < 4.78 is 13.7. The molecule has 1 aromatic carbocycles. The number of hydrogen-bond acceptors (Lipinski definition) is 1. The molecule has 1 unspecified atom stereocenters. The van der Waals surface area contributed by atoms with Crippen molar-refractivity contribution in [1.29, 1.82) is 0 Å². The van der Waals surface area contributed by atoms with Crippen molar-refractivity contribution in [3.8, 4) is 0 Å². The zero-order valence-electron chi connectivity index (χ0n) is 8.30. The molecule has 0 radical (unpaired) electrons. The Balaban J connectivity index is 2.88. The van der Waals surface area contributed by atoms with Gasteiger partial charge in [0.1, 0.15) is 5.82 Å². The minimum absolute atomic E-state index is 0.314. The van der Waals surface area contributed by atoms with Gasteiger partial charge >= 0.3 is 0 Å². The van der Waals surface area contributed by atoms with Gasteiger partial charge in [0.05, 0.1) is 6.10 Å². The van der Waals surface area contributed by atoms with E-state index in [1.807, 2.05) is 13.8 Å². The molecule has 0 spiro atoms. The molecule has 3 heteroatoms. The average molecular weight is 261 g/mol. The Hall–Kier alpha value is -0.410. The first-order valence-electron chi connectivity index (χ1n) is 4.63. The van der Waals surface area contributed by atoms with E-state index in [1.165, 1.54) is 12.1 Å². The van der Waals surface area contributed by atoms with Gasteiger partial charge in [-0.25, -0.2) is 4.39 Å². The van der Waals surface area contributed by atoms with Crippen LogP contribution >= 0.6 is 15.9 Å². The fraction of sp³-hybridized carbons (Fsp3) is 0.455. The topological polar surface area (TPSA) is 20.2 Å². The smallest absolute Gasteiger partial charge is 0.123 e. The standard InChI is InChI=1S/C11H14BrFO/c1-7(2)5-11(14)9-6-8(13)3-4-10(9)12/h3-4,6-7,11,14H,5H2,1-2H3. The third-order valence-electron chi connectivity index (χ3n) is 2.01. The van der Waals surface area contributed by atoms with E-state index in [0.717, 1.165) is 4.47 Å². The second-order valence-electron chi connectivity index (χ2n) is 3.81. The molecule has 1 atom stereocenters. The van der Waals surface area contributed by atoms with Gasteiger partial charge in [-0.05, 0) is 36.1 Å². The maximum Gasteiger partial charge on any atom is 0.123 e.